The number of carbonyl (C=O) groups excluding carboxylic acids is 1. The molecule has 1 aliphatic carbocycles. The van der Waals surface area contributed by atoms with E-state index in [0.717, 1.165) is 12.8 Å². The van der Waals surface area contributed by atoms with Gasteiger partial charge in [0, 0.05) is 18.5 Å². The molecule has 1 amide bonds. The van der Waals surface area contributed by atoms with E-state index in [9.17, 15) is 4.79 Å². The van der Waals surface area contributed by atoms with Crippen LogP contribution in [-0.2, 0) is 4.79 Å². The number of amides is 1. The molecule has 0 aliphatic heterocycles. The van der Waals surface area contributed by atoms with Gasteiger partial charge < -0.3 is 11.1 Å². The summed E-state index contributed by atoms with van der Waals surface area (Å²) in [6.07, 6.45) is 5.07. The highest BCUT2D eigenvalue weighted by Crippen LogP contribution is 2.34. The first kappa shape index (κ1) is 12.5. The summed E-state index contributed by atoms with van der Waals surface area (Å²) in [6, 6.07) is 0.342. The summed E-state index contributed by atoms with van der Waals surface area (Å²) in [4.78, 5) is 11.5. The van der Waals surface area contributed by atoms with Crippen LogP contribution in [0.4, 0.5) is 0 Å². The van der Waals surface area contributed by atoms with Gasteiger partial charge in [0.25, 0.3) is 0 Å². The van der Waals surface area contributed by atoms with Crippen LogP contribution in [0, 0.1) is 5.41 Å². The molecule has 1 atom stereocenters. The Morgan fingerprint density at radius 2 is 2.00 bits per heavy atom. The zero-order valence-corrected chi connectivity index (χ0v) is 10.2. The number of hydrogen-bond donors (Lipinski definition) is 2. The molecule has 1 aliphatic rings. The van der Waals surface area contributed by atoms with Crippen LogP contribution in [0.3, 0.4) is 0 Å². The molecule has 0 radical (unpaired) electrons. The lowest BCUT2D eigenvalue weighted by atomic mass is 9.75. The average Bonchev–Trinajstić information content (AvgIpc) is 2.07. The molecule has 1 rings (SSSR count). The Hall–Kier alpha value is -0.570. The van der Waals surface area contributed by atoms with Gasteiger partial charge in [-0.15, -0.1) is 0 Å². The molecule has 0 heterocycles. The number of carbonyl (C=O) groups is 1. The molecule has 0 aromatic heterocycles. The van der Waals surface area contributed by atoms with Crippen molar-refractivity contribution < 1.29 is 4.79 Å². The van der Waals surface area contributed by atoms with Gasteiger partial charge in [-0.1, -0.05) is 13.8 Å². The van der Waals surface area contributed by atoms with E-state index in [4.69, 9.17) is 5.73 Å². The van der Waals surface area contributed by atoms with Crippen LogP contribution in [0.5, 0.6) is 0 Å². The molecule has 0 aromatic carbocycles. The molecule has 88 valence electrons. The van der Waals surface area contributed by atoms with Crippen LogP contribution >= 0.6 is 0 Å². The summed E-state index contributed by atoms with van der Waals surface area (Å²) >= 11 is 0. The van der Waals surface area contributed by atoms with Gasteiger partial charge in [-0.2, -0.15) is 0 Å². The van der Waals surface area contributed by atoms with E-state index in [1.807, 2.05) is 6.92 Å². The molecule has 0 spiro atoms. The summed E-state index contributed by atoms with van der Waals surface area (Å²) in [5.74, 6) is 0.106. The Morgan fingerprint density at radius 1 is 1.47 bits per heavy atom. The highest BCUT2D eigenvalue weighted by molar-refractivity contribution is 5.76. The smallest absolute Gasteiger partial charge is 0.221 e. The van der Waals surface area contributed by atoms with Crippen molar-refractivity contribution in [1.29, 1.82) is 0 Å². The van der Waals surface area contributed by atoms with Crippen molar-refractivity contribution >= 4 is 5.91 Å². The zero-order chi connectivity index (χ0) is 11.5. The molecule has 0 bridgehead atoms. The summed E-state index contributed by atoms with van der Waals surface area (Å²) in [5.41, 5.74) is 6.04. The second-order valence-corrected chi connectivity index (χ2v) is 5.69. The number of rotatable bonds is 3. The highest BCUT2D eigenvalue weighted by atomic mass is 16.1. The van der Waals surface area contributed by atoms with Gasteiger partial charge in [-0.05, 0) is 38.0 Å². The number of nitrogens with two attached hydrogens (primary N) is 1. The molecule has 0 saturated heterocycles. The van der Waals surface area contributed by atoms with E-state index < -0.39 is 0 Å². The minimum Gasteiger partial charge on any atom is -0.353 e. The quantitative estimate of drug-likeness (QED) is 0.749. The van der Waals surface area contributed by atoms with Gasteiger partial charge in [-0.3, -0.25) is 4.79 Å². The second-order valence-electron chi connectivity index (χ2n) is 5.69. The fourth-order valence-electron chi connectivity index (χ4n) is 2.12. The van der Waals surface area contributed by atoms with Gasteiger partial charge in [0.1, 0.15) is 0 Å². The van der Waals surface area contributed by atoms with Crippen LogP contribution in [0.15, 0.2) is 0 Å². The van der Waals surface area contributed by atoms with Gasteiger partial charge in [0.05, 0.1) is 0 Å². The topological polar surface area (TPSA) is 55.1 Å². The summed E-state index contributed by atoms with van der Waals surface area (Å²) < 4.78 is 0. The SMILES string of the molecule is CC(N)CC(=O)NC1CCC(C)(C)CC1. The maximum atomic E-state index is 11.5. The Kier molecular flexibility index (Phi) is 4.14. The third kappa shape index (κ3) is 4.65. The minimum absolute atomic E-state index is 0.0370. The Bertz CT molecular complexity index is 214. The van der Waals surface area contributed by atoms with Gasteiger partial charge in [-0.25, -0.2) is 0 Å². The molecule has 3 nitrogen and oxygen atoms in total. The van der Waals surface area contributed by atoms with Crippen molar-refractivity contribution in [3.05, 3.63) is 0 Å². The lowest BCUT2D eigenvalue weighted by Crippen LogP contribution is -2.40. The van der Waals surface area contributed by atoms with E-state index >= 15 is 0 Å². The van der Waals surface area contributed by atoms with E-state index in [1.165, 1.54) is 12.8 Å². The minimum atomic E-state index is -0.0370. The molecular weight excluding hydrogens is 188 g/mol. The van der Waals surface area contributed by atoms with Gasteiger partial charge >= 0.3 is 0 Å². The van der Waals surface area contributed by atoms with Crippen LogP contribution < -0.4 is 11.1 Å². The van der Waals surface area contributed by atoms with Crippen LogP contribution in [-0.4, -0.2) is 18.0 Å². The fourth-order valence-corrected chi connectivity index (χ4v) is 2.12. The molecule has 15 heavy (non-hydrogen) atoms. The van der Waals surface area contributed by atoms with E-state index in [2.05, 4.69) is 19.2 Å². The second kappa shape index (κ2) is 4.97. The predicted molar refractivity (Wildman–Crippen MR) is 62.4 cm³/mol. The van der Waals surface area contributed by atoms with Gasteiger partial charge in [0.15, 0.2) is 0 Å². The van der Waals surface area contributed by atoms with Crippen molar-refractivity contribution in [1.82, 2.24) is 5.32 Å². The molecule has 1 fully saturated rings. The van der Waals surface area contributed by atoms with Crippen LogP contribution in [0.2, 0.25) is 0 Å². The monoisotopic (exact) mass is 212 g/mol. The third-order valence-corrected chi connectivity index (χ3v) is 3.21. The molecular formula is C12H24N2O. The third-order valence-electron chi connectivity index (χ3n) is 3.21. The first-order valence-corrected chi connectivity index (χ1v) is 5.94. The van der Waals surface area contributed by atoms with Crippen molar-refractivity contribution in [3.63, 3.8) is 0 Å². The zero-order valence-electron chi connectivity index (χ0n) is 10.2. The van der Waals surface area contributed by atoms with Crippen molar-refractivity contribution in [2.45, 2.75) is 65.0 Å². The molecule has 0 aromatic rings. The van der Waals surface area contributed by atoms with E-state index in [-0.39, 0.29) is 11.9 Å². The van der Waals surface area contributed by atoms with Crippen molar-refractivity contribution in [2.24, 2.45) is 11.1 Å². The molecule has 1 saturated carbocycles. The first-order chi connectivity index (χ1) is 6.89. The maximum absolute atomic E-state index is 11.5. The molecule has 1 unspecified atom stereocenters. The lowest BCUT2D eigenvalue weighted by Gasteiger charge is -2.34. The summed E-state index contributed by atoms with van der Waals surface area (Å²) in [7, 11) is 0. The predicted octanol–water partition coefficient (Wildman–Crippen LogP) is 1.81. The Morgan fingerprint density at radius 3 is 2.47 bits per heavy atom. The normalized spacial score (nSPS) is 23.5. The van der Waals surface area contributed by atoms with Crippen LogP contribution in [0.25, 0.3) is 0 Å². The van der Waals surface area contributed by atoms with E-state index in [0.29, 0.717) is 17.9 Å². The largest absolute Gasteiger partial charge is 0.353 e. The Labute approximate surface area is 92.8 Å². The Balaban J connectivity index is 2.27. The standard InChI is InChI=1S/C12H24N2O/c1-9(13)8-11(15)14-10-4-6-12(2,3)7-5-10/h9-10H,4-8,13H2,1-3H3,(H,14,15). The number of hydrogen-bond acceptors (Lipinski definition) is 2. The van der Waals surface area contributed by atoms with Crippen molar-refractivity contribution in [2.75, 3.05) is 0 Å². The maximum Gasteiger partial charge on any atom is 0.221 e. The van der Waals surface area contributed by atoms with E-state index in [1.54, 1.807) is 0 Å². The summed E-state index contributed by atoms with van der Waals surface area (Å²) in [5, 5.41) is 3.07. The lowest BCUT2D eigenvalue weighted by molar-refractivity contribution is -0.122. The molecule has 3 N–H and O–H groups in total. The van der Waals surface area contributed by atoms with Crippen molar-refractivity contribution in [3.8, 4) is 0 Å². The summed E-state index contributed by atoms with van der Waals surface area (Å²) in [6.45, 7) is 6.46. The highest BCUT2D eigenvalue weighted by Gasteiger charge is 2.27. The van der Waals surface area contributed by atoms with Gasteiger partial charge in [0.2, 0.25) is 5.91 Å². The fraction of sp³-hybridized carbons (Fsp3) is 0.917. The average molecular weight is 212 g/mol. The first-order valence-electron chi connectivity index (χ1n) is 5.94. The van der Waals surface area contributed by atoms with Crippen LogP contribution in [0.1, 0.15) is 52.9 Å². The number of nitrogens with one attached hydrogen (secondary N) is 1. The molecule has 3 heteroatoms.